The van der Waals surface area contributed by atoms with Gasteiger partial charge >= 0.3 is 5.97 Å². The van der Waals surface area contributed by atoms with Gasteiger partial charge in [-0.25, -0.2) is 0 Å². The first-order valence-corrected chi connectivity index (χ1v) is 29.7. The van der Waals surface area contributed by atoms with Crippen LogP contribution in [-0.2, 0) is 23.8 Å². The second-order valence-corrected chi connectivity index (χ2v) is 20.0. The molecule has 11 nitrogen and oxygen atoms in total. The summed E-state index contributed by atoms with van der Waals surface area (Å²) in [6, 6.07) is -1.05. The van der Waals surface area contributed by atoms with Crippen molar-refractivity contribution in [2.24, 2.45) is 0 Å². The lowest BCUT2D eigenvalue weighted by molar-refractivity contribution is -0.305. The van der Waals surface area contributed by atoms with Crippen LogP contribution in [0.2, 0.25) is 0 Å². The minimum Gasteiger partial charge on any atom is -0.454 e. The highest BCUT2D eigenvalue weighted by atomic mass is 16.7. The van der Waals surface area contributed by atoms with Crippen molar-refractivity contribution in [2.75, 3.05) is 13.2 Å². The number of allylic oxidation sites excluding steroid dienone is 17. The topological polar surface area (TPSA) is 175 Å². The van der Waals surface area contributed by atoms with E-state index in [2.05, 4.69) is 111 Å². The first kappa shape index (κ1) is 69.3. The van der Waals surface area contributed by atoms with Gasteiger partial charge in [0.15, 0.2) is 12.4 Å². The molecule has 8 atom stereocenters. The number of amides is 1. The smallest absolute Gasteiger partial charge is 0.306 e. The molecule has 428 valence electrons. The van der Waals surface area contributed by atoms with Crippen molar-refractivity contribution in [1.82, 2.24) is 5.32 Å². The van der Waals surface area contributed by atoms with Crippen molar-refractivity contribution < 1.29 is 49.3 Å². The van der Waals surface area contributed by atoms with Gasteiger partial charge in [0.2, 0.25) is 5.91 Å². The number of aliphatic hydroxyl groups excluding tert-OH is 5. The molecule has 1 saturated heterocycles. The Kier molecular flexibility index (Phi) is 47.2. The molecule has 1 aliphatic heterocycles. The van der Waals surface area contributed by atoms with Crippen molar-refractivity contribution in [3.8, 4) is 0 Å². The Balaban J connectivity index is 2.75. The van der Waals surface area contributed by atoms with Crippen molar-refractivity contribution in [3.63, 3.8) is 0 Å². The average molecular weight is 1050 g/mol. The second-order valence-electron chi connectivity index (χ2n) is 20.0. The van der Waals surface area contributed by atoms with E-state index in [1.165, 1.54) is 57.8 Å². The third-order valence-corrected chi connectivity index (χ3v) is 13.2. The Bertz CT molecular complexity index is 1630. The molecular formula is C64H107NO10. The zero-order chi connectivity index (χ0) is 54.7. The molecule has 75 heavy (non-hydrogen) atoms. The number of rotatable bonds is 48. The van der Waals surface area contributed by atoms with Gasteiger partial charge < -0.3 is 45.1 Å². The van der Waals surface area contributed by atoms with E-state index in [1.807, 2.05) is 18.2 Å². The molecule has 1 amide bonds. The molecule has 11 heteroatoms. The molecule has 0 radical (unpaired) electrons. The fraction of sp³-hybridized carbons (Fsp3) is 0.688. The second kappa shape index (κ2) is 51.1. The van der Waals surface area contributed by atoms with Crippen molar-refractivity contribution in [3.05, 3.63) is 109 Å². The Morgan fingerprint density at radius 3 is 1.47 bits per heavy atom. The monoisotopic (exact) mass is 1050 g/mol. The molecule has 0 bridgehead atoms. The van der Waals surface area contributed by atoms with E-state index in [4.69, 9.17) is 14.2 Å². The molecule has 1 heterocycles. The van der Waals surface area contributed by atoms with E-state index in [1.54, 1.807) is 6.08 Å². The summed E-state index contributed by atoms with van der Waals surface area (Å²) in [4.78, 5) is 26.5. The number of nitrogens with one attached hydrogen (secondary N) is 1. The summed E-state index contributed by atoms with van der Waals surface area (Å²) >= 11 is 0. The van der Waals surface area contributed by atoms with Crippen molar-refractivity contribution >= 4 is 11.9 Å². The summed E-state index contributed by atoms with van der Waals surface area (Å²) in [5.74, 6) is -1.30. The molecule has 6 N–H and O–H groups in total. The van der Waals surface area contributed by atoms with Gasteiger partial charge in [-0.05, 0) is 96.3 Å². The number of esters is 1. The Morgan fingerprint density at radius 1 is 0.533 bits per heavy atom. The quantitative estimate of drug-likeness (QED) is 0.0195. The van der Waals surface area contributed by atoms with Crippen LogP contribution in [0.5, 0.6) is 0 Å². The van der Waals surface area contributed by atoms with Gasteiger partial charge in [0.05, 0.1) is 25.4 Å². The molecule has 0 saturated carbocycles. The summed E-state index contributed by atoms with van der Waals surface area (Å²) in [5.41, 5.74) is 0. The van der Waals surface area contributed by atoms with E-state index in [9.17, 15) is 35.1 Å². The lowest BCUT2D eigenvalue weighted by atomic mass is 9.99. The molecule has 0 spiro atoms. The van der Waals surface area contributed by atoms with Crippen LogP contribution < -0.4 is 5.32 Å². The van der Waals surface area contributed by atoms with Gasteiger partial charge in [0, 0.05) is 6.42 Å². The largest absolute Gasteiger partial charge is 0.454 e. The maximum Gasteiger partial charge on any atom is 0.306 e. The van der Waals surface area contributed by atoms with E-state index in [0.29, 0.717) is 19.3 Å². The van der Waals surface area contributed by atoms with Gasteiger partial charge in [0.1, 0.15) is 24.4 Å². The van der Waals surface area contributed by atoms with Crippen LogP contribution in [0.15, 0.2) is 109 Å². The zero-order valence-electron chi connectivity index (χ0n) is 47.1. The maximum atomic E-state index is 13.4. The number of carbonyl (C=O) groups excluding carboxylic acids is 2. The molecule has 0 aliphatic carbocycles. The summed E-state index contributed by atoms with van der Waals surface area (Å²) < 4.78 is 17.5. The van der Waals surface area contributed by atoms with E-state index < -0.39 is 67.4 Å². The van der Waals surface area contributed by atoms with Crippen molar-refractivity contribution in [2.45, 2.75) is 269 Å². The predicted octanol–water partition coefficient (Wildman–Crippen LogP) is 13.7. The lowest BCUT2D eigenvalue weighted by Crippen LogP contribution is -2.61. The molecule has 1 rings (SSSR count). The van der Waals surface area contributed by atoms with Gasteiger partial charge in [-0.1, -0.05) is 226 Å². The maximum absolute atomic E-state index is 13.4. The highest BCUT2D eigenvalue weighted by Gasteiger charge is 2.47. The number of unbranched alkanes of at least 4 members (excludes halogenated alkanes) is 18. The van der Waals surface area contributed by atoms with Crippen LogP contribution >= 0.6 is 0 Å². The van der Waals surface area contributed by atoms with Crippen LogP contribution in [0.1, 0.15) is 220 Å². The molecule has 1 aliphatic rings. The summed E-state index contributed by atoms with van der Waals surface area (Å²) in [7, 11) is 0. The van der Waals surface area contributed by atoms with Crippen LogP contribution in [0, 0.1) is 0 Å². The highest BCUT2D eigenvalue weighted by molar-refractivity contribution is 5.80. The van der Waals surface area contributed by atoms with Crippen LogP contribution in [0.25, 0.3) is 0 Å². The summed E-state index contributed by atoms with van der Waals surface area (Å²) in [6.07, 6.45) is 58.5. The SMILES string of the molecule is CC/C=C\C/C=C\C/C=C\C/C=C\C/C=C\C/C=C\CCC(=O)OC1C(OCC(NC(=O)C(O)CCCCCCCC/C=C\C/C=C\CCCCC)C(O)/C=C/CCCCCCCCCCC)OC(CO)C(O)C1O. The van der Waals surface area contributed by atoms with E-state index in [-0.39, 0.29) is 19.4 Å². The average Bonchev–Trinajstić information content (AvgIpc) is 3.41. The minimum atomic E-state index is -1.65. The first-order valence-electron chi connectivity index (χ1n) is 29.7. The molecular weight excluding hydrogens is 943 g/mol. The fourth-order valence-corrected chi connectivity index (χ4v) is 8.47. The highest BCUT2D eigenvalue weighted by Crippen LogP contribution is 2.26. The molecule has 0 aromatic rings. The van der Waals surface area contributed by atoms with Gasteiger partial charge in [-0.15, -0.1) is 0 Å². The van der Waals surface area contributed by atoms with Gasteiger partial charge in [0.25, 0.3) is 0 Å². The Labute approximate surface area is 456 Å². The minimum absolute atomic E-state index is 0.00810. The number of carbonyl (C=O) groups is 2. The van der Waals surface area contributed by atoms with Gasteiger partial charge in [-0.3, -0.25) is 9.59 Å². The van der Waals surface area contributed by atoms with Gasteiger partial charge in [-0.2, -0.15) is 0 Å². The zero-order valence-corrected chi connectivity index (χ0v) is 47.1. The Morgan fingerprint density at radius 2 is 0.960 bits per heavy atom. The molecule has 1 fully saturated rings. The Hall–Kier alpha value is -3.68. The predicted molar refractivity (Wildman–Crippen MR) is 310 cm³/mol. The normalized spacial score (nSPS) is 20.0. The molecule has 0 aromatic heterocycles. The van der Waals surface area contributed by atoms with E-state index >= 15 is 0 Å². The number of ether oxygens (including phenoxy) is 3. The van der Waals surface area contributed by atoms with E-state index in [0.717, 1.165) is 109 Å². The first-order chi connectivity index (χ1) is 36.7. The molecule has 0 aromatic carbocycles. The lowest BCUT2D eigenvalue weighted by Gasteiger charge is -2.41. The third-order valence-electron chi connectivity index (χ3n) is 13.2. The fourth-order valence-electron chi connectivity index (χ4n) is 8.47. The summed E-state index contributed by atoms with van der Waals surface area (Å²) in [5, 5.41) is 56.8. The van der Waals surface area contributed by atoms with Crippen LogP contribution in [0.3, 0.4) is 0 Å². The summed E-state index contributed by atoms with van der Waals surface area (Å²) in [6.45, 7) is 5.58. The third kappa shape index (κ3) is 39.4. The number of aliphatic hydroxyl groups is 5. The van der Waals surface area contributed by atoms with Crippen molar-refractivity contribution in [1.29, 1.82) is 0 Å². The molecule has 8 unspecified atom stereocenters. The van der Waals surface area contributed by atoms with Crippen LogP contribution in [-0.4, -0.2) is 99.6 Å². The number of hydrogen-bond donors (Lipinski definition) is 6. The number of hydrogen-bond acceptors (Lipinski definition) is 10. The standard InChI is InChI=1S/C64H107NO10/c1-4-7-10-13-16-19-22-24-26-28-29-30-32-34-37-40-43-46-49-52-59(69)75-62-61(71)60(70)58(53-66)74-64(62)73-54-55(56(67)50-47-44-41-38-35-21-18-15-12-9-6-3)65-63(72)57(68)51-48-45-42-39-36-33-31-27-25-23-20-17-14-11-8-5-2/h7,10,16-17,19-20,24-27,29-30,34,37,43,46-47,50,55-58,60-62,64,66-68,70-71H,4-6,8-9,11-15,18,21-23,28,31-33,35-36,38-42,44-45,48-49,51-54H2,1-3H3,(H,65,72)/b10-7-,19-16-,20-17-,26-24-,27-25-,30-29-,37-34-,46-43-,50-47+. The van der Waals surface area contributed by atoms with Crippen LogP contribution in [0.4, 0.5) is 0 Å².